The van der Waals surface area contributed by atoms with Crippen LogP contribution >= 0.6 is 23.4 Å². The Bertz CT molecular complexity index is 824. The van der Waals surface area contributed by atoms with Crippen LogP contribution in [0, 0.1) is 6.92 Å². The van der Waals surface area contributed by atoms with Crippen molar-refractivity contribution in [3.8, 4) is 0 Å². The molecule has 1 aromatic carbocycles. The van der Waals surface area contributed by atoms with Crippen LogP contribution in [0.5, 0.6) is 0 Å². The fourth-order valence-corrected chi connectivity index (χ4v) is 2.62. The summed E-state index contributed by atoms with van der Waals surface area (Å²) in [6, 6.07) is 3.95. The molecule has 2 N–H and O–H groups in total. The lowest BCUT2D eigenvalue weighted by molar-refractivity contribution is -0.137. The molecule has 0 saturated heterocycles. The summed E-state index contributed by atoms with van der Waals surface area (Å²) in [5, 5.41) is 2.54. The van der Waals surface area contributed by atoms with Crippen LogP contribution in [0.15, 0.2) is 34.2 Å². The first-order valence-electron chi connectivity index (χ1n) is 6.52. The molecule has 0 bridgehead atoms. The number of hydrogen-bond donors (Lipinski definition) is 2. The molecule has 2 aromatic rings. The summed E-state index contributed by atoms with van der Waals surface area (Å²) in [4.78, 5) is 29.6. The molecule has 1 amide bonds. The Balaban J connectivity index is 2.06. The number of carbonyl (C=O) groups is 1. The van der Waals surface area contributed by atoms with Crippen molar-refractivity contribution in [2.75, 3.05) is 11.1 Å². The van der Waals surface area contributed by atoms with Crippen molar-refractivity contribution < 1.29 is 18.0 Å². The number of alkyl halides is 3. The number of aromatic nitrogens is 2. The minimum absolute atomic E-state index is 0.0107. The number of amides is 1. The highest BCUT2D eigenvalue weighted by Gasteiger charge is 2.31. The standard InChI is InChI=1S/C14H11ClF3N3O2S/c1-7-4-11(22)21-13(19-7)24-6-12(23)20-10-5-8(14(16,17)18)2-3-9(10)15/h2-5H,6H2,1H3,(H,20,23)(H,19,21,22). The highest BCUT2D eigenvalue weighted by atomic mass is 35.5. The second-order valence-electron chi connectivity index (χ2n) is 4.72. The first-order valence-corrected chi connectivity index (χ1v) is 7.89. The predicted octanol–water partition coefficient (Wildman–Crippen LogP) is 3.48. The number of aromatic amines is 1. The van der Waals surface area contributed by atoms with E-state index in [0.717, 1.165) is 30.0 Å². The van der Waals surface area contributed by atoms with E-state index < -0.39 is 17.6 Å². The largest absolute Gasteiger partial charge is 0.416 e. The average molecular weight is 378 g/mol. The van der Waals surface area contributed by atoms with E-state index in [-0.39, 0.29) is 27.2 Å². The summed E-state index contributed by atoms with van der Waals surface area (Å²) >= 11 is 6.75. The van der Waals surface area contributed by atoms with Crippen LogP contribution in [0.3, 0.4) is 0 Å². The molecule has 0 aliphatic carbocycles. The first-order chi connectivity index (χ1) is 11.1. The van der Waals surface area contributed by atoms with E-state index in [0.29, 0.717) is 5.69 Å². The molecule has 0 fully saturated rings. The van der Waals surface area contributed by atoms with Gasteiger partial charge in [0.25, 0.3) is 5.56 Å². The van der Waals surface area contributed by atoms with Crippen LogP contribution in [0.4, 0.5) is 18.9 Å². The Morgan fingerprint density at radius 2 is 2.08 bits per heavy atom. The molecule has 0 aliphatic rings. The maximum absolute atomic E-state index is 12.7. The first kappa shape index (κ1) is 18.3. The van der Waals surface area contributed by atoms with Gasteiger partial charge < -0.3 is 10.3 Å². The topological polar surface area (TPSA) is 74.8 Å². The van der Waals surface area contributed by atoms with Gasteiger partial charge in [0.2, 0.25) is 5.91 Å². The smallest absolute Gasteiger partial charge is 0.324 e. The molecule has 5 nitrogen and oxygen atoms in total. The monoisotopic (exact) mass is 377 g/mol. The number of aryl methyl sites for hydroxylation is 1. The second-order valence-corrected chi connectivity index (χ2v) is 6.09. The fourth-order valence-electron chi connectivity index (χ4n) is 1.74. The average Bonchev–Trinajstić information content (AvgIpc) is 2.45. The number of halogens is 4. The Labute approximate surface area is 143 Å². The summed E-state index contributed by atoms with van der Waals surface area (Å²) < 4.78 is 38.0. The number of carbonyl (C=O) groups excluding carboxylic acids is 1. The number of H-pyrrole nitrogens is 1. The molecule has 24 heavy (non-hydrogen) atoms. The minimum Gasteiger partial charge on any atom is -0.324 e. The molecule has 2 rings (SSSR count). The number of nitrogens with one attached hydrogen (secondary N) is 2. The minimum atomic E-state index is -4.54. The summed E-state index contributed by atoms with van der Waals surface area (Å²) in [5.74, 6) is -0.732. The van der Waals surface area contributed by atoms with Crippen molar-refractivity contribution in [2.24, 2.45) is 0 Å². The van der Waals surface area contributed by atoms with Crippen molar-refractivity contribution in [3.63, 3.8) is 0 Å². The van der Waals surface area contributed by atoms with Gasteiger partial charge in [-0.15, -0.1) is 0 Å². The maximum Gasteiger partial charge on any atom is 0.416 e. The van der Waals surface area contributed by atoms with E-state index in [9.17, 15) is 22.8 Å². The number of thioether (sulfide) groups is 1. The molecule has 128 valence electrons. The molecule has 1 heterocycles. The molecule has 1 aromatic heterocycles. The molecule has 0 aliphatic heterocycles. The zero-order valence-corrected chi connectivity index (χ0v) is 13.8. The van der Waals surface area contributed by atoms with Crippen LogP contribution in [-0.2, 0) is 11.0 Å². The van der Waals surface area contributed by atoms with Gasteiger partial charge >= 0.3 is 6.18 Å². The van der Waals surface area contributed by atoms with Crippen LogP contribution < -0.4 is 10.9 Å². The third-order valence-electron chi connectivity index (χ3n) is 2.76. The van der Waals surface area contributed by atoms with Crippen LogP contribution in [0.25, 0.3) is 0 Å². The lowest BCUT2D eigenvalue weighted by atomic mass is 10.2. The third kappa shape index (κ3) is 5.00. The predicted molar refractivity (Wildman–Crippen MR) is 85.4 cm³/mol. The number of nitrogens with zero attached hydrogens (tertiary/aromatic N) is 1. The Hall–Kier alpha value is -2.00. The number of rotatable bonds is 4. The molecule has 0 spiro atoms. The van der Waals surface area contributed by atoms with Gasteiger partial charge in [0.05, 0.1) is 22.0 Å². The van der Waals surface area contributed by atoms with Crippen LogP contribution in [0.1, 0.15) is 11.3 Å². The second kappa shape index (κ2) is 7.27. The summed E-state index contributed by atoms with van der Waals surface area (Å²) in [6.45, 7) is 1.63. The van der Waals surface area contributed by atoms with E-state index >= 15 is 0 Å². The van der Waals surface area contributed by atoms with Gasteiger partial charge in [-0.25, -0.2) is 4.98 Å². The van der Waals surface area contributed by atoms with Crippen molar-refractivity contribution in [1.29, 1.82) is 0 Å². The third-order valence-corrected chi connectivity index (χ3v) is 3.96. The van der Waals surface area contributed by atoms with E-state index in [2.05, 4.69) is 15.3 Å². The fraction of sp³-hybridized carbons (Fsp3) is 0.214. The normalized spacial score (nSPS) is 11.4. The summed E-state index contributed by atoms with van der Waals surface area (Å²) in [6.07, 6.45) is -4.54. The summed E-state index contributed by atoms with van der Waals surface area (Å²) in [7, 11) is 0. The molecular weight excluding hydrogens is 367 g/mol. The quantitative estimate of drug-likeness (QED) is 0.632. The van der Waals surface area contributed by atoms with E-state index in [1.54, 1.807) is 6.92 Å². The Morgan fingerprint density at radius 3 is 2.71 bits per heavy atom. The Morgan fingerprint density at radius 1 is 1.38 bits per heavy atom. The molecule has 10 heteroatoms. The van der Waals surface area contributed by atoms with Crippen molar-refractivity contribution in [1.82, 2.24) is 9.97 Å². The number of benzene rings is 1. The van der Waals surface area contributed by atoms with Crippen molar-refractivity contribution >= 4 is 35.0 Å². The lowest BCUT2D eigenvalue weighted by Crippen LogP contribution is -2.16. The maximum atomic E-state index is 12.7. The van der Waals surface area contributed by atoms with Gasteiger partial charge in [0, 0.05) is 11.8 Å². The molecule has 0 unspecified atom stereocenters. The van der Waals surface area contributed by atoms with Crippen molar-refractivity contribution in [3.05, 3.63) is 50.9 Å². The van der Waals surface area contributed by atoms with Gasteiger partial charge in [0.15, 0.2) is 5.16 Å². The van der Waals surface area contributed by atoms with Crippen molar-refractivity contribution in [2.45, 2.75) is 18.3 Å². The summed E-state index contributed by atoms with van der Waals surface area (Å²) in [5.41, 5.74) is -0.920. The molecule has 0 saturated carbocycles. The van der Waals surface area contributed by atoms with Gasteiger partial charge in [-0.05, 0) is 25.1 Å². The number of anilines is 1. The lowest BCUT2D eigenvalue weighted by Gasteiger charge is -2.11. The zero-order valence-electron chi connectivity index (χ0n) is 12.2. The highest BCUT2D eigenvalue weighted by molar-refractivity contribution is 7.99. The van der Waals surface area contributed by atoms with E-state index in [1.165, 1.54) is 6.07 Å². The number of hydrogen-bond acceptors (Lipinski definition) is 4. The zero-order chi connectivity index (χ0) is 17.9. The molecular formula is C14H11ClF3N3O2S. The van der Waals surface area contributed by atoms with Gasteiger partial charge in [-0.3, -0.25) is 9.59 Å². The van der Waals surface area contributed by atoms with Gasteiger partial charge in [-0.1, -0.05) is 23.4 Å². The van der Waals surface area contributed by atoms with Gasteiger partial charge in [0.1, 0.15) is 0 Å². The Kier molecular flexibility index (Phi) is 5.55. The molecule has 0 radical (unpaired) electrons. The van der Waals surface area contributed by atoms with E-state index in [1.807, 2.05) is 0 Å². The van der Waals surface area contributed by atoms with Crippen LogP contribution in [-0.4, -0.2) is 21.6 Å². The highest BCUT2D eigenvalue weighted by Crippen LogP contribution is 2.33. The SMILES string of the molecule is Cc1cc(=O)[nH]c(SCC(=O)Nc2cc(C(F)(F)F)ccc2Cl)n1. The van der Waals surface area contributed by atoms with Crippen LogP contribution in [0.2, 0.25) is 5.02 Å². The van der Waals surface area contributed by atoms with Gasteiger partial charge in [-0.2, -0.15) is 13.2 Å². The molecule has 0 atom stereocenters. The van der Waals surface area contributed by atoms with E-state index in [4.69, 9.17) is 11.6 Å².